The minimum absolute atomic E-state index is 0.0633. The third-order valence-electron chi connectivity index (χ3n) is 4.64. The molecule has 1 aliphatic rings. The number of alkyl halides is 3. The summed E-state index contributed by atoms with van der Waals surface area (Å²) in [6.07, 6.45) is -3.72. The van der Waals surface area contributed by atoms with Crippen molar-refractivity contribution in [3.05, 3.63) is 46.7 Å². The van der Waals surface area contributed by atoms with Crippen LogP contribution in [0.5, 0.6) is 0 Å². The first kappa shape index (κ1) is 26.4. The Bertz CT molecular complexity index is 1330. The number of fused-ring (bicyclic) bond motifs is 1. The molecule has 0 bridgehead atoms. The van der Waals surface area contributed by atoms with Crippen LogP contribution in [0.15, 0.2) is 51.0 Å². The number of amidine groups is 1. The van der Waals surface area contributed by atoms with Gasteiger partial charge in [-0.2, -0.15) is 13.2 Å². The maximum Gasteiger partial charge on any atom is 0.490 e. The highest BCUT2D eigenvalue weighted by molar-refractivity contribution is 7.94. The number of sulfonamides is 1. The summed E-state index contributed by atoms with van der Waals surface area (Å²) < 4.78 is 61.1. The smallest absolute Gasteiger partial charge is 0.475 e. The van der Waals surface area contributed by atoms with Gasteiger partial charge in [-0.3, -0.25) is 9.52 Å². The Labute approximate surface area is 205 Å². The molecular weight excluding hydrogens is 529 g/mol. The van der Waals surface area contributed by atoms with Crippen LogP contribution in [0.3, 0.4) is 0 Å². The fourth-order valence-corrected chi connectivity index (χ4v) is 6.27. The molecular formula is C20H19F3N4O5S3. The standard InChI is InChI=1S/C18H18N4O3S3.C2HF3O2/c19-18(20-11-22-8-3-6-15(22)23)17-13(7-9-26-17)21-28(24,25)16-10-12-4-1-2-5-14(12)27-16;3-2(4,5)1(6)7/h1-2,4-5,7,9-10,21H,3,6,8,11H2,(H2,19,20);(H,6,7). The van der Waals surface area contributed by atoms with Gasteiger partial charge in [-0.25, -0.2) is 18.2 Å². The van der Waals surface area contributed by atoms with Gasteiger partial charge in [0, 0.05) is 17.7 Å². The summed E-state index contributed by atoms with van der Waals surface area (Å²) in [5.41, 5.74) is 6.46. The van der Waals surface area contributed by atoms with Gasteiger partial charge in [-0.15, -0.1) is 22.7 Å². The van der Waals surface area contributed by atoms with Crippen LogP contribution in [0.25, 0.3) is 10.1 Å². The van der Waals surface area contributed by atoms with Crippen LogP contribution in [0.4, 0.5) is 18.9 Å². The van der Waals surface area contributed by atoms with Crippen molar-refractivity contribution >= 4 is 66.2 Å². The number of aliphatic imine (C=N–C) groups is 1. The molecule has 0 aliphatic carbocycles. The van der Waals surface area contributed by atoms with Gasteiger partial charge in [0.1, 0.15) is 16.7 Å². The van der Waals surface area contributed by atoms with E-state index in [9.17, 15) is 26.4 Å². The van der Waals surface area contributed by atoms with Gasteiger partial charge in [0.15, 0.2) is 0 Å². The third-order valence-corrected chi connectivity index (χ3v) is 8.53. The lowest BCUT2D eigenvalue weighted by Crippen LogP contribution is -2.27. The van der Waals surface area contributed by atoms with Crippen LogP contribution < -0.4 is 10.5 Å². The number of amides is 1. The number of carboxylic acids is 1. The number of carboxylic acid groups (broad SMARTS) is 1. The summed E-state index contributed by atoms with van der Waals surface area (Å²) in [4.78, 5) is 27.0. The van der Waals surface area contributed by atoms with E-state index in [1.54, 1.807) is 22.4 Å². The number of thiophene rings is 2. The number of halogens is 3. The first-order chi connectivity index (χ1) is 16.4. The van der Waals surface area contributed by atoms with Crippen LogP contribution in [-0.4, -0.2) is 55.5 Å². The number of nitrogens with two attached hydrogens (primary N) is 1. The molecule has 1 saturated heterocycles. The summed E-state index contributed by atoms with van der Waals surface area (Å²) >= 11 is 2.51. The van der Waals surface area contributed by atoms with Crippen LogP contribution in [-0.2, 0) is 19.6 Å². The zero-order valence-electron chi connectivity index (χ0n) is 17.8. The fourth-order valence-electron chi connectivity index (χ4n) is 2.96. The zero-order valence-corrected chi connectivity index (χ0v) is 20.2. The summed E-state index contributed by atoms with van der Waals surface area (Å²) in [7, 11) is -3.74. The van der Waals surface area contributed by atoms with E-state index in [0.717, 1.165) is 16.5 Å². The lowest BCUT2D eigenvalue weighted by molar-refractivity contribution is -0.192. The van der Waals surface area contributed by atoms with Crippen LogP contribution >= 0.6 is 22.7 Å². The average Bonchev–Trinajstić information content (AvgIpc) is 3.51. The minimum atomic E-state index is -5.08. The monoisotopic (exact) mass is 548 g/mol. The van der Waals surface area contributed by atoms with Crippen molar-refractivity contribution in [1.29, 1.82) is 0 Å². The van der Waals surface area contributed by atoms with Gasteiger partial charge in [0.05, 0.1) is 10.6 Å². The molecule has 3 heterocycles. The van der Waals surface area contributed by atoms with Crippen molar-refractivity contribution in [1.82, 2.24) is 4.90 Å². The number of rotatable bonds is 6. The molecule has 1 fully saturated rings. The number of likely N-dealkylation sites (tertiary alicyclic amines) is 1. The first-order valence-corrected chi connectivity index (χ1v) is 13.0. The molecule has 15 heteroatoms. The van der Waals surface area contributed by atoms with E-state index in [1.807, 2.05) is 24.3 Å². The first-order valence-electron chi connectivity index (χ1n) is 9.85. The summed E-state index contributed by atoms with van der Waals surface area (Å²) in [5, 5.41) is 9.76. The van der Waals surface area contributed by atoms with Crippen molar-refractivity contribution in [3.8, 4) is 0 Å². The second-order valence-corrected chi connectivity index (χ2v) is 11.0. The quantitative estimate of drug-likeness (QED) is 0.317. The highest BCUT2D eigenvalue weighted by Gasteiger charge is 2.38. The van der Waals surface area contributed by atoms with Gasteiger partial charge in [-0.1, -0.05) is 18.2 Å². The summed E-state index contributed by atoms with van der Waals surface area (Å²) in [6, 6.07) is 10.8. The molecule has 4 N–H and O–H groups in total. The van der Waals surface area contributed by atoms with Crippen LogP contribution in [0.1, 0.15) is 17.7 Å². The van der Waals surface area contributed by atoms with Crippen molar-refractivity contribution in [2.45, 2.75) is 23.2 Å². The number of hydrogen-bond donors (Lipinski definition) is 3. The Morgan fingerprint density at radius 3 is 2.54 bits per heavy atom. The van der Waals surface area contributed by atoms with Gasteiger partial charge in [0.25, 0.3) is 10.0 Å². The Balaban J connectivity index is 0.000000429. The Hall–Kier alpha value is -3.17. The zero-order chi connectivity index (χ0) is 25.8. The van der Waals surface area contributed by atoms with Gasteiger partial charge >= 0.3 is 12.1 Å². The molecule has 2 aromatic heterocycles. The molecule has 0 radical (unpaired) electrons. The van der Waals surface area contributed by atoms with E-state index < -0.39 is 22.2 Å². The fraction of sp³-hybridized carbons (Fsp3) is 0.250. The van der Waals surface area contributed by atoms with Gasteiger partial charge < -0.3 is 15.7 Å². The van der Waals surface area contributed by atoms with Crippen molar-refractivity contribution in [2.75, 3.05) is 17.9 Å². The normalized spacial score (nSPS) is 14.7. The molecule has 9 nitrogen and oxygen atoms in total. The molecule has 1 aliphatic heterocycles. The largest absolute Gasteiger partial charge is 0.490 e. The molecule has 3 aromatic rings. The topological polar surface area (TPSA) is 142 Å². The molecule has 0 spiro atoms. The number of anilines is 1. The van der Waals surface area contributed by atoms with E-state index in [-0.39, 0.29) is 22.6 Å². The van der Waals surface area contributed by atoms with Gasteiger partial charge in [0.2, 0.25) is 5.91 Å². The van der Waals surface area contributed by atoms with Crippen molar-refractivity contribution in [3.63, 3.8) is 0 Å². The highest BCUT2D eigenvalue weighted by atomic mass is 32.2. The molecule has 188 valence electrons. The number of benzene rings is 1. The highest BCUT2D eigenvalue weighted by Crippen LogP contribution is 2.31. The number of aliphatic carboxylic acids is 1. The van der Waals surface area contributed by atoms with Crippen LogP contribution in [0, 0.1) is 0 Å². The van der Waals surface area contributed by atoms with E-state index in [2.05, 4.69) is 9.71 Å². The Morgan fingerprint density at radius 2 is 1.94 bits per heavy atom. The number of carbonyl (C=O) groups excluding carboxylic acids is 1. The maximum absolute atomic E-state index is 12.8. The van der Waals surface area contributed by atoms with Crippen LogP contribution in [0.2, 0.25) is 0 Å². The molecule has 4 rings (SSSR count). The van der Waals surface area contributed by atoms with E-state index in [4.69, 9.17) is 15.6 Å². The average molecular weight is 549 g/mol. The lowest BCUT2D eigenvalue weighted by Gasteiger charge is -2.12. The predicted octanol–water partition coefficient (Wildman–Crippen LogP) is 3.68. The Morgan fingerprint density at radius 1 is 1.26 bits per heavy atom. The second kappa shape index (κ2) is 10.6. The van der Waals surface area contributed by atoms with Crippen molar-refractivity contribution in [2.24, 2.45) is 10.7 Å². The summed E-state index contributed by atoms with van der Waals surface area (Å²) in [5.74, 6) is -2.48. The number of carbonyl (C=O) groups is 2. The third kappa shape index (κ3) is 6.70. The SMILES string of the molecule is NC(=NCN1CCCC1=O)c1sccc1NS(=O)(=O)c1cc2ccccc2s1.O=C(O)C(F)(F)F. The van der Waals surface area contributed by atoms with Gasteiger partial charge in [-0.05, 0) is 35.4 Å². The Kier molecular flexibility index (Phi) is 8.02. The number of nitrogens with one attached hydrogen (secondary N) is 1. The molecule has 0 unspecified atom stereocenters. The minimum Gasteiger partial charge on any atom is -0.475 e. The number of nitrogens with zero attached hydrogens (tertiary/aromatic N) is 2. The molecule has 1 amide bonds. The lowest BCUT2D eigenvalue weighted by atomic mass is 10.3. The van der Waals surface area contributed by atoms with E-state index in [1.165, 1.54) is 22.7 Å². The molecule has 0 atom stereocenters. The molecule has 1 aromatic carbocycles. The number of hydrogen-bond acceptors (Lipinski definition) is 7. The van der Waals surface area contributed by atoms with Crippen molar-refractivity contribution < 1.29 is 36.3 Å². The predicted molar refractivity (Wildman–Crippen MR) is 127 cm³/mol. The van der Waals surface area contributed by atoms with E-state index >= 15 is 0 Å². The maximum atomic E-state index is 12.8. The summed E-state index contributed by atoms with van der Waals surface area (Å²) in [6.45, 7) is 0.858. The molecule has 35 heavy (non-hydrogen) atoms. The molecule has 0 saturated carbocycles. The van der Waals surface area contributed by atoms with E-state index in [0.29, 0.717) is 23.5 Å². The second-order valence-electron chi connectivity index (χ2n) is 7.12.